The lowest BCUT2D eigenvalue weighted by Crippen LogP contribution is -2.19. The van der Waals surface area contributed by atoms with Crippen LogP contribution in [-0.4, -0.2) is 48.5 Å². The second-order valence-corrected chi connectivity index (χ2v) is 10.8. The van der Waals surface area contributed by atoms with Crippen molar-refractivity contribution in [3.63, 3.8) is 0 Å². The first-order valence-electron chi connectivity index (χ1n) is 8.43. The van der Waals surface area contributed by atoms with Gasteiger partial charge in [-0.05, 0) is 42.5 Å². The van der Waals surface area contributed by atoms with Crippen LogP contribution in [0.15, 0.2) is 56.7 Å². The zero-order chi connectivity index (χ0) is 21.2. The number of hydrogen-bond donors (Lipinski definition) is 0. The van der Waals surface area contributed by atoms with Crippen LogP contribution in [0.1, 0.15) is 0 Å². The zero-order valence-electron chi connectivity index (χ0n) is 16.0. The highest BCUT2D eigenvalue weighted by molar-refractivity contribution is 7.90. The summed E-state index contributed by atoms with van der Waals surface area (Å²) in [7, 11) is -4.32. The van der Waals surface area contributed by atoms with Crippen molar-refractivity contribution in [2.75, 3.05) is 27.1 Å². The molecule has 0 aliphatic rings. The van der Waals surface area contributed by atoms with Crippen LogP contribution in [0.5, 0.6) is 5.75 Å². The van der Waals surface area contributed by atoms with Crippen LogP contribution in [0.3, 0.4) is 0 Å². The van der Waals surface area contributed by atoms with E-state index in [1.54, 1.807) is 29.9 Å². The Bertz CT molecular complexity index is 1300. The maximum atomic E-state index is 12.8. The highest BCUT2D eigenvalue weighted by Gasteiger charge is 2.16. The lowest BCUT2D eigenvalue weighted by molar-refractivity contribution is 0.187. The monoisotopic (exact) mass is 456 g/mol. The van der Waals surface area contributed by atoms with Crippen molar-refractivity contribution in [2.45, 2.75) is 16.3 Å². The highest BCUT2D eigenvalue weighted by Crippen LogP contribution is 2.23. The molecule has 1 heterocycles. The SMILES string of the molecule is COCCn1c(=NS(=O)(=O)c2ccc(OC)cc2)sc2cc(S(C)(=O)=O)ccc21. The molecule has 1 aromatic heterocycles. The van der Waals surface area contributed by atoms with Crippen molar-refractivity contribution in [1.82, 2.24) is 4.57 Å². The van der Waals surface area contributed by atoms with Crippen LogP contribution in [0, 0.1) is 0 Å². The van der Waals surface area contributed by atoms with Crippen molar-refractivity contribution in [3.05, 3.63) is 47.3 Å². The van der Waals surface area contributed by atoms with Crippen LogP contribution in [0.2, 0.25) is 0 Å². The van der Waals surface area contributed by atoms with E-state index in [0.717, 1.165) is 17.6 Å². The Labute approximate surface area is 173 Å². The molecule has 0 unspecified atom stereocenters. The van der Waals surface area contributed by atoms with E-state index < -0.39 is 19.9 Å². The highest BCUT2D eigenvalue weighted by atomic mass is 32.2. The molecule has 0 amide bonds. The largest absolute Gasteiger partial charge is 0.497 e. The molecule has 3 aromatic rings. The van der Waals surface area contributed by atoms with Gasteiger partial charge < -0.3 is 14.0 Å². The molecule has 0 fully saturated rings. The Hall–Kier alpha value is -2.21. The van der Waals surface area contributed by atoms with Crippen LogP contribution in [-0.2, 0) is 31.1 Å². The van der Waals surface area contributed by atoms with E-state index in [2.05, 4.69) is 4.40 Å². The van der Waals surface area contributed by atoms with E-state index in [0.29, 0.717) is 29.1 Å². The van der Waals surface area contributed by atoms with Gasteiger partial charge in [-0.15, -0.1) is 4.40 Å². The Morgan fingerprint density at radius 1 is 1.00 bits per heavy atom. The predicted molar refractivity (Wildman–Crippen MR) is 111 cm³/mol. The first kappa shape index (κ1) is 21.5. The zero-order valence-corrected chi connectivity index (χ0v) is 18.5. The molecular weight excluding hydrogens is 436 g/mol. The van der Waals surface area contributed by atoms with Gasteiger partial charge in [0.2, 0.25) is 4.80 Å². The van der Waals surface area contributed by atoms with Gasteiger partial charge in [-0.25, -0.2) is 8.42 Å². The number of methoxy groups -OCH3 is 2. The molecule has 0 saturated heterocycles. The normalized spacial score (nSPS) is 13.1. The van der Waals surface area contributed by atoms with Gasteiger partial charge in [-0.3, -0.25) is 0 Å². The van der Waals surface area contributed by atoms with Crippen molar-refractivity contribution in [2.24, 2.45) is 4.40 Å². The molecule has 0 aliphatic heterocycles. The Balaban J connectivity index is 2.19. The number of aromatic nitrogens is 1. The number of hydrogen-bond acceptors (Lipinski definition) is 7. The third kappa shape index (κ3) is 4.69. The fourth-order valence-electron chi connectivity index (χ4n) is 2.66. The average Bonchev–Trinajstić information content (AvgIpc) is 3.01. The first-order valence-corrected chi connectivity index (χ1v) is 12.6. The van der Waals surface area contributed by atoms with Crippen LogP contribution in [0.25, 0.3) is 10.2 Å². The van der Waals surface area contributed by atoms with Crippen molar-refractivity contribution in [3.8, 4) is 5.75 Å². The number of rotatable bonds is 7. The molecule has 8 nitrogen and oxygen atoms in total. The van der Waals surface area contributed by atoms with Crippen LogP contribution < -0.4 is 9.54 Å². The second-order valence-electron chi connectivity index (χ2n) is 6.17. The van der Waals surface area contributed by atoms with E-state index in [-0.39, 0.29) is 14.6 Å². The molecule has 0 saturated carbocycles. The summed E-state index contributed by atoms with van der Waals surface area (Å²) in [6, 6.07) is 10.6. The summed E-state index contributed by atoms with van der Waals surface area (Å²) in [5, 5.41) is 0. The van der Waals surface area contributed by atoms with Gasteiger partial charge in [0.05, 0.1) is 33.7 Å². The molecule has 29 heavy (non-hydrogen) atoms. The molecule has 2 aromatic carbocycles. The summed E-state index contributed by atoms with van der Waals surface area (Å²) >= 11 is 1.11. The number of benzene rings is 2. The molecule has 156 valence electrons. The molecular formula is C18H20N2O6S3. The number of nitrogens with zero attached hydrogens (tertiary/aromatic N) is 2. The lowest BCUT2D eigenvalue weighted by Gasteiger charge is -2.05. The Morgan fingerprint density at radius 2 is 1.66 bits per heavy atom. The Morgan fingerprint density at radius 3 is 2.24 bits per heavy atom. The molecule has 0 bridgehead atoms. The standard InChI is InChI=1S/C18H20N2O6S3/c1-25-11-10-20-16-9-8-15(28(3,21)22)12-17(16)27-18(20)19-29(23,24)14-6-4-13(26-2)5-7-14/h4-9,12H,10-11H2,1-3H3. The topological polar surface area (TPSA) is 104 Å². The Kier molecular flexibility index (Phi) is 6.13. The van der Waals surface area contributed by atoms with Gasteiger partial charge in [-0.1, -0.05) is 11.3 Å². The van der Waals surface area contributed by atoms with Crippen LogP contribution >= 0.6 is 11.3 Å². The number of ether oxygens (including phenoxy) is 2. The van der Waals surface area contributed by atoms with Gasteiger partial charge in [0.15, 0.2) is 9.84 Å². The maximum Gasteiger partial charge on any atom is 0.285 e. The summed E-state index contributed by atoms with van der Waals surface area (Å²) in [6.45, 7) is 0.709. The van der Waals surface area contributed by atoms with Gasteiger partial charge in [0, 0.05) is 19.9 Å². The number of thiazole rings is 1. The molecule has 0 radical (unpaired) electrons. The van der Waals surface area contributed by atoms with E-state index in [1.807, 2.05) is 0 Å². The first-order chi connectivity index (χ1) is 13.7. The summed E-state index contributed by atoms with van der Waals surface area (Å²) in [6.07, 6.45) is 1.13. The van der Waals surface area contributed by atoms with Crippen LogP contribution in [0.4, 0.5) is 0 Å². The van der Waals surface area contributed by atoms with Crippen molar-refractivity contribution < 1.29 is 26.3 Å². The summed E-state index contributed by atoms with van der Waals surface area (Å²) in [4.78, 5) is 0.430. The van der Waals surface area contributed by atoms with Gasteiger partial charge in [-0.2, -0.15) is 8.42 Å². The lowest BCUT2D eigenvalue weighted by atomic mass is 10.3. The van der Waals surface area contributed by atoms with Crippen molar-refractivity contribution >= 4 is 41.4 Å². The molecule has 0 aliphatic carbocycles. The minimum atomic E-state index is -3.97. The molecule has 11 heteroatoms. The number of sulfonamides is 1. The van der Waals surface area contributed by atoms with E-state index in [9.17, 15) is 16.8 Å². The van der Waals surface area contributed by atoms with E-state index in [1.165, 1.54) is 31.4 Å². The third-order valence-electron chi connectivity index (χ3n) is 4.16. The smallest absolute Gasteiger partial charge is 0.285 e. The predicted octanol–water partition coefficient (Wildman–Crippen LogP) is 2.05. The van der Waals surface area contributed by atoms with Gasteiger partial charge in [0.25, 0.3) is 10.0 Å². The van der Waals surface area contributed by atoms with Gasteiger partial charge in [0.1, 0.15) is 5.75 Å². The number of sulfone groups is 1. The minimum absolute atomic E-state index is 0.0332. The molecule has 3 rings (SSSR count). The molecule has 0 atom stereocenters. The fourth-order valence-corrected chi connectivity index (χ4v) is 5.68. The van der Waals surface area contributed by atoms with Crippen molar-refractivity contribution in [1.29, 1.82) is 0 Å². The second kappa shape index (κ2) is 8.27. The quantitative estimate of drug-likeness (QED) is 0.539. The maximum absolute atomic E-state index is 12.8. The third-order valence-corrected chi connectivity index (χ3v) is 7.71. The summed E-state index contributed by atoms with van der Waals surface area (Å²) in [5.74, 6) is 0.536. The summed E-state index contributed by atoms with van der Waals surface area (Å²) in [5.41, 5.74) is 0.683. The number of fused-ring (bicyclic) bond motifs is 1. The molecule has 0 spiro atoms. The summed E-state index contributed by atoms with van der Waals surface area (Å²) < 4.78 is 65.8. The molecule has 0 N–H and O–H groups in total. The van der Waals surface area contributed by atoms with E-state index >= 15 is 0 Å². The minimum Gasteiger partial charge on any atom is -0.497 e. The van der Waals surface area contributed by atoms with E-state index in [4.69, 9.17) is 9.47 Å². The fraction of sp³-hybridized carbons (Fsp3) is 0.278. The van der Waals surface area contributed by atoms with Gasteiger partial charge >= 0.3 is 0 Å². The average molecular weight is 457 g/mol.